The molecule has 0 bridgehead atoms. The van der Waals surface area contributed by atoms with Gasteiger partial charge >= 0.3 is 0 Å². The SMILES string of the molecule is CCN(CC)c1ncnc2sc(C(=O)Nc3ccccc3OC)c(C)c12. The molecule has 1 amide bonds. The van der Waals surface area contributed by atoms with E-state index in [-0.39, 0.29) is 5.91 Å². The Morgan fingerprint density at radius 3 is 2.65 bits per heavy atom. The molecule has 3 aromatic rings. The van der Waals surface area contributed by atoms with Gasteiger partial charge in [0.15, 0.2) is 0 Å². The van der Waals surface area contributed by atoms with E-state index in [1.807, 2.05) is 31.2 Å². The largest absolute Gasteiger partial charge is 0.495 e. The number of aryl methyl sites for hydroxylation is 1. The molecule has 0 saturated heterocycles. The number of thiophene rings is 1. The summed E-state index contributed by atoms with van der Waals surface area (Å²) in [5.41, 5.74) is 1.55. The Morgan fingerprint density at radius 1 is 1.23 bits per heavy atom. The van der Waals surface area contributed by atoms with E-state index in [2.05, 4.69) is 34.0 Å². The first-order valence-corrected chi connectivity index (χ1v) is 9.35. The van der Waals surface area contributed by atoms with Crippen LogP contribution in [-0.4, -0.2) is 36.1 Å². The van der Waals surface area contributed by atoms with Crippen LogP contribution in [0.4, 0.5) is 11.5 Å². The predicted octanol–water partition coefficient (Wildman–Crippen LogP) is 4.11. The Kier molecular flexibility index (Phi) is 5.37. The van der Waals surface area contributed by atoms with Crippen molar-refractivity contribution in [3.8, 4) is 5.75 Å². The number of anilines is 2. The highest BCUT2D eigenvalue weighted by Crippen LogP contribution is 2.35. The topological polar surface area (TPSA) is 67.4 Å². The summed E-state index contributed by atoms with van der Waals surface area (Å²) < 4.78 is 5.31. The van der Waals surface area contributed by atoms with Gasteiger partial charge in [-0.05, 0) is 38.5 Å². The molecule has 1 N–H and O–H groups in total. The molecule has 0 radical (unpaired) electrons. The first kappa shape index (κ1) is 18.1. The number of carbonyl (C=O) groups excluding carboxylic acids is 1. The predicted molar refractivity (Wildman–Crippen MR) is 107 cm³/mol. The summed E-state index contributed by atoms with van der Waals surface area (Å²) in [5.74, 6) is 1.34. The molecule has 0 spiro atoms. The molecule has 0 aliphatic carbocycles. The van der Waals surface area contributed by atoms with Crippen LogP contribution in [0.1, 0.15) is 29.1 Å². The maximum Gasteiger partial charge on any atom is 0.266 e. The molecule has 7 heteroatoms. The van der Waals surface area contributed by atoms with Crippen molar-refractivity contribution in [2.24, 2.45) is 0 Å². The molecule has 6 nitrogen and oxygen atoms in total. The molecule has 0 aliphatic rings. The van der Waals surface area contributed by atoms with Gasteiger partial charge in [0.2, 0.25) is 0 Å². The maximum atomic E-state index is 12.9. The maximum absolute atomic E-state index is 12.9. The molecular formula is C19H22N4O2S. The van der Waals surface area contributed by atoms with Crippen LogP contribution in [0.2, 0.25) is 0 Å². The Balaban J connectivity index is 2.02. The quantitative estimate of drug-likeness (QED) is 0.707. The number of methoxy groups -OCH3 is 1. The Hall–Kier alpha value is -2.67. The van der Waals surface area contributed by atoms with Gasteiger partial charge in [-0.25, -0.2) is 9.97 Å². The van der Waals surface area contributed by atoms with Gasteiger partial charge in [-0.2, -0.15) is 0 Å². The number of nitrogens with zero attached hydrogens (tertiary/aromatic N) is 3. The van der Waals surface area contributed by atoms with E-state index in [0.717, 1.165) is 34.7 Å². The van der Waals surface area contributed by atoms with Crippen LogP contribution in [-0.2, 0) is 0 Å². The van der Waals surface area contributed by atoms with Crippen LogP contribution in [0.25, 0.3) is 10.2 Å². The number of carbonyl (C=O) groups is 1. The molecule has 2 aromatic heterocycles. The summed E-state index contributed by atoms with van der Waals surface area (Å²) in [6.45, 7) is 7.83. The van der Waals surface area contributed by atoms with Crippen LogP contribution < -0.4 is 15.0 Å². The molecule has 0 aliphatic heterocycles. The third-order valence-electron chi connectivity index (χ3n) is 4.33. The number of hydrogen-bond donors (Lipinski definition) is 1. The number of nitrogens with one attached hydrogen (secondary N) is 1. The summed E-state index contributed by atoms with van der Waals surface area (Å²) in [6.07, 6.45) is 1.56. The van der Waals surface area contributed by atoms with Crippen LogP contribution in [0, 0.1) is 6.92 Å². The molecular weight excluding hydrogens is 348 g/mol. The lowest BCUT2D eigenvalue weighted by Gasteiger charge is -2.20. The summed E-state index contributed by atoms with van der Waals surface area (Å²) in [4.78, 5) is 25.3. The highest BCUT2D eigenvalue weighted by Gasteiger charge is 2.21. The first-order valence-electron chi connectivity index (χ1n) is 8.54. The fourth-order valence-corrected chi connectivity index (χ4v) is 4.00. The van der Waals surface area contributed by atoms with Gasteiger partial charge in [0.25, 0.3) is 5.91 Å². The Bertz CT molecular complexity index is 934. The minimum absolute atomic E-state index is 0.166. The van der Waals surface area contributed by atoms with E-state index in [4.69, 9.17) is 4.74 Å². The minimum atomic E-state index is -0.166. The summed E-state index contributed by atoms with van der Waals surface area (Å²) >= 11 is 1.39. The van der Waals surface area contributed by atoms with Crippen molar-refractivity contribution in [3.05, 3.63) is 41.0 Å². The van der Waals surface area contributed by atoms with Gasteiger partial charge in [0.05, 0.1) is 23.1 Å². The molecule has 26 heavy (non-hydrogen) atoms. The van der Waals surface area contributed by atoms with Crippen LogP contribution in [0.3, 0.4) is 0 Å². The fraction of sp³-hybridized carbons (Fsp3) is 0.316. The second-order valence-electron chi connectivity index (χ2n) is 5.76. The van der Waals surface area contributed by atoms with Crippen molar-refractivity contribution in [3.63, 3.8) is 0 Å². The molecule has 136 valence electrons. The highest BCUT2D eigenvalue weighted by atomic mass is 32.1. The average Bonchev–Trinajstić information content (AvgIpc) is 3.01. The molecule has 0 saturated carbocycles. The fourth-order valence-electron chi connectivity index (χ4n) is 2.96. The molecule has 3 rings (SSSR count). The molecule has 0 atom stereocenters. The third kappa shape index (κ3) is 3.22. The van der Waals surface area contributed by atoms with E-state index >= 15 is 0 Å². The Morgan fingerprint density at radius 2 is 1.96 bits per heavy atom. The standard InChI is InChI=1S/C19H22N4O2S/c1-5-23(6-2)17-15-12(3)16(26-19(15)21-11-20-17)18(24)22-13-9-7-8-10-14(13)25-4/h7-11H,5-6H2,1-4H3,(H,22,24). The molecule has 2 heterocycles. The van der Waals surface area contributed by atoms with Crippen molar-refractivity contribution in [1.82, 2.24) is 9.97 Å². The van der Waals surface area contributed by atoms with Crippen LogP contribution >= 0.6 is 11.3 Å². The van der Waals surface area contributed by atoms with E-state index in [0.29, 0.717) is 16.3 Å². The zero-order chi connectivity index (χ0) is 18.7. The van der Waals surface area contributed by atoms with Crippen LogP contribution in [0.5, 0.6) is 5.75 Å². The number of rotatable bonds is 6. The molecule has 1 aromatic carbocycles. The number of para-hydroxylation sites is 2. The number of ether oxygens (including phenoxy) is 1. The average molecular weight is 370 g/mol. The second kappa shape index (κ2) is 7.70. The molecule has 0 unspecified atom stereocenters. The van der Waals surface area contributed by atoms with Gasteiger partial charge in [-0.15, -0.1) is 11.3 Å². The summed E-state index contributed by atoms with van der Waals surface area (Å²) in [7, 11) is 1.58. The third-order valence-corrected chi connectivity index (χ3v) is 5.53. The monoisotopic (exact) mass is 370 g/mol. The van der Waals surface area contributed by atoms with Gasteiger partial charge in [0.1, 0.15) is 22.7 Å². The number of hydrogen-bond acceptors (Lipinski definition) is 6. The van der Waals surface area contributed by atoms with E-state index in [9.17, 15) is 4.79 Å². The zero-order valence-electron chi connectivity index (χ0n) is 15.4. The second-order valence-corrected chi connectivity index (χ2v) is 6.76. The summed E-state index contributed by atoms with van der Waals surface area (Å²) in [5, 5.41) is 3.89. The van der Waals surface area contributed by atoms with E-state index in [1.165, 1.54) is 11.3 Å². The lowest BCUT2D eigenvalue weighted by atomic mass is 10.2. The summed E-state index contributed by atoms with van der Waals surface area (Å²) in [6, 6.07) is 7.36. The number of benzene rings is 1. The van der Waals surface area contributed by atoms with Crippen molar-refractivity contribution in [2.45, 2.75) is 20.8 Å². The van der Waals surface area contributed by atoms with Gasteiger partial charge in [-0.1, -0.05) is 12.1 Å². The minimum Gasteiger partial charge on any atom is -0.495 e. The van der Waals surface area contributed by atoms with Crippen molar-refractivity contribution < 1.29 is 9.53 Å². The van der Waals surface area contributed by atoms with E-state index in [1.54, 1.807) is 13.4 Å². The highest BCUT2D eigenvalue weighted by molar-refractivity contribution is 7.20. The zero-order valence-corrected chi connectivity index (χ0v) is 16.2. The van der Waals surface area contributed by atoms with E-state index < -0.39 is 0 Å². The smallest absolute Gasteiger partial charge is 0.266 e. The molecule has 0 fully saturated rings. The van der Waals surface area contributed by atoms with Gasteiger partial charge in [-0.3, -0.25) is 4.79 Å². The lowest BCUT2D eigenvalue weighted by molar-refractivity contribution is 0.102. The van der Waals surface area contributed by atoms with Gasteiger partial charge < -0.3 is 15.0 Å². The first-order chi connectivity index (χ1) is 12.6. The Labute approximate surface area is 156 Å². The van der Waals surface area contributed by atoms with Crippen molar-refractivity contribution >= 4 is 39.0 Å². The number of fused-ring (bicyclic) bond motifs is 1. The van der Waals surface area contributed by atoms with Crippen LogP contribution in [0.15, 0.2) is 30.6 Å². The van der Waals surface area contributed by atoms with Crippen molar-refractivity contribution in [2.75, 3.05) is 30.4 Å². The normalized spacial score (nSPS) is 10.8. The lowest BCUT2D eigenvalue weighted by Crippen LogP contribution is -2.23. The van der Waals surface area contributed by atoms with Crippen molar-refractivity contribution in [1.29, 1.82) is 0 Å². The van der Waals surface area contributed by atoms with Gasteiger partial charge in [0, 0.05) is 13.1 Å². The number of aromatic nitrogens is 2. The number of amides is 1.